The number of benzene rings is 2. The van der Waals surface area contributed by atoms with Gasteiger partial charge in [0.25, 0.3) is 0 Å². The minimum Gasteiger partial charge on any atom is -0.377 e. The number of anilines is 1. The lowest BCUT2D eigenvalue weighted by Crippen LogP contribution is -2.08. The van der Waals surface area contributed by atoms with Gasteiger partial charge in [-0.25, -0.2) is 0 Å². The Morgan fingerprint density at radius 1 is 1.10 bits per heavy atom. The van der Waals surface area contributed by atoms with E-state index in [2.05, 4.69) is 41.9 Å². The quantitative estimate of drug-likeness (QED) is 0.705. The van der Waals surface area contributed by atoms with Crippen molar-refractivity contribution in [3.63, 3.8) is 0 Å². The first kappa shape index (κ1) is 13.7. The van der Waals surface area contributed by atoms with Gasteiger partial charge in [0, 0.05) is 21.3 Å². The molecule has 3 heteroatoms. The van der Waals surface area contributed by atoms with E-state index in [0.717, 1.165) is 28.4 Å². The monoisotopic (exact) mass is 292 g/mol. The van der Waals surface area contributed by atoms with Crippen LogP contribution in [-0.4, -0.2) is 0 Å². The highest BCUT2D eigenvalue weighted by molar-refractivity contribution is 7.10. The largest absolute Gasteiger partial charge is 0.377 e. The Labute approximate surface area is 128 Å². The van der Waals surface area contributed by atoms with Crippen LogP contribution in [0.1, 0.15) is 29.8 Å². The second kappa shape index (κ2) is 5.99. The summed E-state index contributed by atoms with van der Waals surface area (Å²) in [6, 6.07) is 18.8. The van der Waals surface area contributed by atoms with Gasteiger partial charge in [-0.05, 0) is 30.0 Å². The lowest BCUT2D eigenvalue weighted by Gasteiger charge is -2.19. The average molecular weight is 292 g/mol. The molecule has 21 heavy (non-hydrogen) atoms. The van der Waals surface area contributed by atoms with Gasteiger partial charge in [0.15, 0.2) is 0 Å². The fraction of sp³-hybridized carbons (Fsp3) is 0.167. The van der Waals surface area contributed by atoms with Crippen molar-refractivity contribution in [1.29, 1.82) is 5.26 Å². The molecule has 0 aliphatic carbocycles. The molecule has 0 bridgehead atoms. The molecule has 0 fully saturated rings. The average Bonchev–Trinajstić information content (AvgIpc) is 3.06. The highest BCUT2D eigenvalue weighted by Crippen LogP contribution is 2.31. The summed E-state index contributed by atoms with van der Waals surface area (Å²) in [5, 5.41) is 17.1. The number of nitrogens with one attached hydrogen (secondary N) is 1. The van der Waals surface area contributed by atoms with Crippen molar-refractivity contribution in [2.75, 3.05) is 5.32 Å². The molecular weight excluding hydrogens is 276 g/mol. The number of rotatable bonds is 4. The van der Waals surface area contributed by atoms with Gasteiger partial charge >= 0.3 is 0 Å². The van der Waals surface area contributed by atoms with Crippen LogP contribution in [0.2, 0.25) is 0 Å². The number of fused-ring (bicyclic) bond motifs is 1. The third-order valence-electron chi connectivity index (χ3n) is 3.67. The zero-order valence-corrected chi connectivity index (χ0v) is 12.7. The maximum absolute atomic E-state index is 9.24. The third kappa shape index (κ3) is 2.63. The van der Waals surface area contributed by atoms with Crippen LogP contribution in [0.15, 0.2) is 53.9 Å². The Balaban J connectivity index is 2.03. The van der Waals surface area contributed by atoms with Gasteiger partial charge < -0.3 is 5.32 Å². The van der Waals surface area contributed by atoms with Crippen LogP contribution in [0.25, 0.3) is 10.8 Å². The predicted octanol–water partition coefficient (Wildman–Crippen LogP) is 5.34. The molecule has 0 aliphatic heterocycles. The number of hydrogen-bond donors (Lipinski definition) is 1. The topological polar surface area (TPSA) is 35.8 Å². The van der Waals surface area contributed by atoms with Crippen LogP contribution in [-0.2, 0) is 0 Å². The molecule has 1 aromatic heterocycles. The van der Waals surface area contributed by atoms with Crippen LogP contribution >= 0.6 is 11.3 Å². The Bertz CT molecular complexity index is 785. The maximum Gasteiger partial charge on any atom is 0.0998 e. The van der Waals surface area contributed by atoms with E-state index < -0.39 is 0 Å². The number of nitriles is 1. The van der Waals surface area contributed by atoms with Gasteiger partial charge in [-0.1, -0.05) is 37.3 Å². The Morgan fingerprint density at radius 3 is 2.57 bits per heavy atom. The SMILES string of the molecule is CCC(Nc1ccc(C#N)c2ccccc12)c1cccs1. The van der Waals surface area contributed by atoms with E-state index in [-0.39, 0.29) is 0 Å². The van der Waals surface area contributed by atoms with Crippen molar-refractivity contribution >= 4 is 27.8 Å². The molecule has 1 N–H and O–H groups in total. The molecule has 0 aliphatic rings. The number of thiophene rings is 1. The van der Waals surface area contributed by atoms with Crippen LogP contribution < -0.4 is 5.32 Å². The molecule has 0 amide bonds. The van der Waals surface area contributed by atoms with E-state index >= 15 is 0 Å². The lowest BCUT2D eigenvalue weighted by atomic mass is 10.0. The second-order valence-corrected chi connectivity index (χ2v) is 5.92. The van der Waals surface area contributed by atoms with Crippen LogP contribution in [0, 0.1) is 11.3 Å². The zero-order chi connectivity index (χ0) is 14.7. The molecule has 2 nitrogen and oxygen atoms in total. The van der Waals surface area contributed by atoms with Crippen molar-refractivity contribution in [2.45, 2.75) is 19.4 Å². The standard InChI is InChI=1S/C18H16N2S/c1-2-16(18-8-5-11-21-18)20-17-10-9-13(12-19)14-6-3-4-7-15(14)17/h3-11,16,20H,2H2,1H3. The van der Waals surface area contributed by atoms with E-state index in [1.54, 1.807) is 11.3 Å². The van der Waals surface area contributed by atoms with Gasteiger partial charge in [0.05, 0.1) is 17.7 Å². The molecule has 1 atom stereocenters. The van der Waals surface area contributed by atoms with Gasteiger partial charge in [-0.3, -0.25) is 0 Å². The molecule has 0 saturated heterocycles. The lowest BCUT2D eigenvalue weighted by molar-refractivity contribution is 0.765. The number of nitrogens with zero attached hydrogens (tertiary/aromatic N) is 1. The highest BCUT2D eigenvalue weighted by atomic mass is 32.1. The first-order valence-electron chi connectivity index (χ1n) is 7.05. The summed E-state index contributed by atoms with van der Waals surface area (Å²) in [4.78, 5) is 1.34. The smallest absolute Gasteiger partial charge is 0.0998 e. The van der Waals surface area contributed by atoms with Gasteiger partial charge in [-0.15, -0.1) is 11.3 Å². The summed E-state index contributed by atoms with van der Waals surface area (Å²) in [6.45, 7) is 2.18. The zero-order valence-electron chi connectivity index (χ0n) is 11.8. The van der Waals surface area contributed by atoms with Gasteiger partial charge in [0.2, 0.25) is 0 Å². The van der Waals surface area contributed by atoms with E-state index in [1.165, 1.54) is 4.88 Å². The fourth-order valence-electron chi connectivity index (χ4n) is 2.57. The van der Waals surface area contributed by atoms with Crippen LogP contribution in [0.4, 0.5) is 5.69 Å². The molecule has 104 valence electrons. The van der Waals surface area contributed by atoms with Crippen molar-refractivity contribution in [2.24, 2.45) is 0 Å². The summed E-state index contributed by atoms with van der Waals surface area (Å²) in [5.74, 6) is 0. The Hall–Kier alpha value is -2.31. The third-order valence-corrected chi connectivity index (χ3v) is 4.66. The van der Waals surface area contributed by atoms with E-state index in [0.29, 0.717) is 6.04 Å². The maximum atomic E-state index is 9.24. The fourth-order valence-corrected chi connectivity index (χ4v) is 3.44. The molecule has 1 unspecified atom stereocenters. The first-order chi connectivity index (χ1) is 10.3. The molecule has 0 saturated carbocycles. The second-order valence-electron chi connectivity index (χ2n) is 4.94. The van der Waals surface area contributed by atoms with Crippen LogP contribution in [0.5, 0.6) is 0 Å². The van der Waals surface area contributed by atoms with E-state index in [4.69, 9.17) is 0 Å². The molecule has 2 aromatic carbocycles. The first-order valence-corrected chi connectivity index (χ1v) is 7.93. The van der Waals surface area contributed by atoms with Gasteiger partial charge in [-0.2, -0.15) is 5.26 Å². The van der Waals surface area contributed by atoms with Crippen molar-refractivity contribution < 1.29 is 0 Å². The van der Waals surface area contributed by atoms with Crippen molar-refractivity contribution in [3.8, 4) is 6.07 Å². The van der Waals surface area contributed by atoms with E-state index in [9.17, 15) is 5.26 Å². The highest BCUT2D eigenvalue weighted by Gasteiger charge is 2.12. The molecule has 0 radical (unpaired) electrons. The predicted molar refractivity (Wildman–Crippen MR) is 89.6 cm³/mol. The van der Waals surface area contributed by atoms with Crippen LogP contribution in [0.3, 0.4) is 0 Å². The minimum atomic E-state index is 0.307. The molecule has 1 heterocycles. The molecule has 0 spiro atoms. The summed E-state index contributed by atoms with van der Waals surface area (Å²) >= 11 is 1.77. The number of hydrogen-bond acceptors (Lipinski definition) is 3. The van der Waals surface area contributed by atoms with Crippen molar-refractivity contribution in [1.82, 2.24) is 0 Å². The Kier molecular flexibility index (Phi) is 3.89. The molecular formula is C18H16N2S. The summed E-state index contributed by atoms with van der Waals surface area (Å²) in [7, 11) is 0. The molecule has 3 aromatic rings. The van der Waals surface area contributed by atoms with Crippen molar-refractivity contribution in [3.05, 3.63) is 64.4 Å². The molecule has 3 rings (SSSR count). The summed E-state index contributed by atoms with van der Waals surface area (Å²) < 4.78 is 0. The minimum absolute atomic E-state index is 0.307. The van der Waals surface area contributed by atoms with Gasteiger partial charge in [0.1, 0.15) is 0 Å². The summed E-state index contributed by atoms with van der Waals surface area (Å²) in [6.07, 6.45) is 1.02. The normalized spacial score (nSPS) is 12.0. The summed E-state index contributed by atoms with van der Waals surface area (Å²) in [5.41, 5.74) is 1.81. The Morgan fingerprint density at radius 2 is 1.90 bits per heavy atom. The van der Waals surface area contributed by atoms with E-state index in [1.807, 2.05) is 30.3 Å².